The molecule has 0 fully saturated rings. The molecule has 2 nitrogen and oxygen atoms in total. The summed E-state index contributed by atoms with van der Waals surface area (Å²) < 4.78 is 0. The average Bonchev–Trinajstić information content (AvgIpc) is 1.72. The summed E-state index contributed by atoms with van der Waals surface area (Å²) in [6.07, 6.45) is 1.72. The lowest BCUT2D eigenvalue weighted by Gasteiger charge is -1.85. The summed E-state index contributed by atoms with van der Waals surface area (Å²) in [7, 11) is 0. The molecular formula is C6H16N2. The lowest BCUT2D eigenvalue weighted by molar-refractivity contribution is 0.976. The van der Waals surface area contributed by atoms with Crippen molar-refractivity contribution >= 4 is 5.84 Å². The number of hydrogen-bond acceptors (Lipinski definition) is 1. The highest BCUT2D eigenvalue weighted by molar-refractivity contribution is 5.76. The molecule has 8 heavy (non-hydrogen) atoms. The van der Waals surface area contributed by atoms with Gasteiger partial charge in [0.25, 0.3) is 0 Å². The van der Waals surface area contributed by atoms with Crippen molar-refractivity contribution in [3.8, 4) is 0 Å². The van der Waals surface area contributed by atoms with E-state index in [4.69, 9.17) is 11.1 Å². The third kappa shape index (κ3) is 17.9. The van der Waals surface area contributed by atoms with Crippen molar-refractivity contribution in [2.24, 2.45) is 5.73 Å². The molecule has 0 heterocycles. The van der Waals surface area contributed by atoms with Crippen molar-refractivity contribution in [3.63, 3.8) is 0 Å². The number of hydrogen-bond donors (Lipinski definition) is 2. The van der Waals surface area contributed by atoms with Gasteiger partial charge in [-0.3, -0.25) is 5.41 Å². The molecule has 0 aliphatic carbocycles. The third-order valence-corrected chi connectivity index (χ3v) is 0.519. The second-order valence-corrected chi connectivity index (χ2v) is 1.28. The van der Waals surface area contributed by atoms with Crippen LogP contribution in [0.2, 0.25) is 0 Å². The highest BCUT2D eigenvalue weighted by Crippen LogP contribution is 1.80. The van der Waals surface area contributed by atoms with Gasteiger partial charge in [0.05, 0.1) is 5.84 Å². The lowest BCUT2D eigenvalue weighted by Crippen LogP contribution is -2.07. The summed E-state index contributed by atoms with van der Waals surface area (Å²) in [5, 5.41) is 6.67. The van der Waals surface area contributed by atoms with Crippen molar-refractivity contribution in [1.82, 2.24) is 0 Å². The normalized spacial score (nSPS) is 6.88. The molecule has 0 aliphatic rings. The van der Waals surface area contributed by atoms with E-state index in [1.165, 1.54) is 0 Å². The molecule has 0 spiro atoms. The smallest absolute Gasteiger partial charge is 0.0905 e. The van der Waals surface area contributed by atoms with Crippen LogP contribution in [-0.2, 0) is 0 Å². The molecule has 0 rings (SSSR count). The molecule has 0 bridgehead atoms. The molecule has 0 saturated heterocycles. The van der Waals surface area contributed by atoms with E-state index in [0.717, 1.165) is 12.8 Å². The van der Waals surface area contributed by atoms with Crippen LogP contribution in [0.1, 0.15) is 33.6 Å². The zero-order valence-corrected chi connectivity index (χ0v) is 5.99. The van der Waals surface area contributed by atoms with Crippen LogP contribution >= 0.6 is 0 Å². The second kappa shape index (κ2) is 9.69. The Bertz CT molecular complexity index is 50.5. The van der Waals surface area contributed by atoms with E-state index in [-0.39, 0.29) is 5.84 Å². The Hall–Kier alpha value is -0.530. The standard InChI is InChI=1S/C4H10N2.C2H6/c1-2-3-4(5)6;1-2/h2-3H2,1H3,(H3,5,6);1-2H3. The van der Waals surface area contributed by atoms with Gasteiger partial charge in [-0.05, 0) is 6.42 Å². The van der Waals surface area contributed by atoms with E-state index < -0.39 is 0 Å². The molecule has 0 aromatic rings. The zero-order valence-electron chi connectivity index (χ0n) is 5.99. The quantitative estimate of drug-likeness (QED) is 0.419. The Kier molecular flexibility index (Phi) is 12.7. The fourth-order valence-corrected chi connectivity index (χ4v) is 0.269. The zero-order chi connectivity index (χ0) is 6.99. The molecule has 3 N–H and O–H groups in total. The minimum Gasteiger partial charge on any atom is -0.388 e. The first-order valence-corrected chi connectivity index (χ1v) is 3.10. The fourth-order valence-electron chi connectivity index (χ4n) is 0.269. The molecule has 2 heteroatoms. The first-order chi connectivity index (χ1) is 3.77. The summed E-state index contributed by atoms with van der Waals surface area (Å²) in [4.78, 5) is 0. The van der Waals surface area contributed by atoms with Gasteiger partial charge < -0.3 is 5.73 Å². The summed E-state index contributed by atoms with van der Waals surface area (Å²) in [5.74, 6) is 0.289. The van der Waals surface area contributed by atoms with E-state index in [1.807, 2.05) is 20.8 Å². The Balaban J connectivity index is 0. The van der Waals surface area contributed by atoms with E-state index in [1.54, 1.807) is 0 Å². The van der Waals surface area contributed by atoms with Gasteiger partial charge in [-0.15, -0.1) is 0 Å². The largest absolute Gasteiger partial charge is 0.388 e. The molecule has 0 saturated carbocycles. The molecule has 0 aromatic carbocycles. The van der Waals surface area contributed by atoms with Gasteiger partial charge >= 0.3 is 0 Å². The molecule has 0 atom stereocenters. The number of rotatable bonds is 2. The van der Waals surface area contributed by atoms with Gasteiger partial charge in [0, 0.05) is 6.42 Å². The van der Waals surface area contributed by atoms with Crippen LogP contribution < -0.4 is 5.73 Å². The fraction of sp³-hybridized carbons (Fsp3) is 0.833. The van der Waals surface area contributed by atoms with Crippen LogP contribution in [0.4, 0.5) is 0 Å². The maximum atomic E-state index is 6.67. The average molecular weight is 116 g/mol. The summed E-state index contributed by atoms with van der Waals surface area (Å²) >= 11 is 0. The monoisotopic (exact) mass is 116 g/mol. The van der Waals surface area contributed by atoms with Gasteiger partial charge in [-0.1, -0.05) is 20.8 Å². The summed E-state index contributed by atoms with van der Waals surface area (Å²) in [6, 6.07) is 0. The Labute approximate surface area is 51.6 Å². The van der Waals surface area contributed by atoms with E-state index in [9.17, 15) is 0 Å². The van der Waals surface area contributed by atoms with Crippen molar-refractivity contribution in [3.05, 3.63) is 0 Å². The van der Waals surface area contributed by atoms with E-state index >= 15 is 0 Å². The van der Waals surface area contributed by atoms with E-state index in [0.29, 0.717) is 0 Å². The number of nitrogens with one attached hydrogen (secondary N) is 1. The predicted octanol–water partition coefficient (Wildman–Crippen LogP) is 1.75. The van der Waals surface area contributed by atoms with Gasteiger partial charge in [0.2, 0.25) is 0 Å². The van der Waals surface area contributed by atoms with Gasteiger partial charge in [-0.2, -0.15) is 0 Å². The van der Waals surface area contributed by atoms with Crippen LogP contribution in [0.3, 0.4) is 0 Å². The Morgan fingerprint density at radius 2 is 1.88 bits per heavy atom. The SMILES string of the molecule is CC.CCCC(=N)N. The third-order valence-electron chi connectivity index (χ3n) is 0.519. The van der Waals surface area contributed by atoms with Gasteiger partial charge in [0.1, 0.15) is 0 Å². The maximum Gasteiger partial charge on any atom is 0.0905 e. The van der Waals surface area contributed by atoms with Gasteiger partial charge in [0.15, 0.2) is 0 Å². The summed E-state index contributed by atoms with van der Waals surface area (Å²) in [6.45, 7) is 6.00. The van der Waals surface area contributed by atoms with Crippen molar-refractivity contribution in [2.45, 2.75) is 33.6 Å². The van der Waals surface area contributed by atoms with Crippen molar-refractivity contribution < 1.29 is 0 Å². The van der Waals surface area contributed by atoms with Crippen LogP contribution in [0.15, 0.2) is 0 Å². The molecule has 0 amide bonds. The maximum absolute atomic E-state index is 6.67. The molecule has 0 unspecified atom stereocenters. The van der Waals surface area contributed by atoms with Crippen LogP contribution in [0.25, 0.3) is 0 Å². The Morgan fingerprint density at radius 3 is 1.88 bits per heavy atom. The number of nitrogens with two attached hydrogens (primary N) is 1. The predicted molar refractivity (Wildman–Crippen MR) is 38.2 cm³/mol. The van der Waals surface area contributed by atoms with Crippen molar-refractivity contribution in [2.75, 3.05) is 0 Å². The first-order valence-electron chi connectivity index (χ1n) is 3.10. The van der Waals surface area contributed by atoms with E-state index in [2.05, 4.69) is 0 Å². The lowest BCUT2D eigenvalue weighted by atomic mass is 10.3. The first kappa shape index (κ1) is 10.5. The molecule has 0 radical (unpaired) electrons. The van der Waals surface area contributed by atoms with Crippen LogP contribution in [0.5, 0.6) is 0 Å². The van der Waals surface area contributed by atoms with Crippen LogP contribution in [0, 0.1) is 5.41 Å². The van der Waals surface area contributed by atoms with Gasteiger partial charge in [-0.25, -0.2) is 0 Å². The Morgan fingerprint density at radius 1 is 1.50 bits per heavy atom. The highest BCUT2D eigenvalue weighted by atomic mass is 14.7. The topological polar surface area (TPSA) is 49.9 Å². The molecule has 50 valence electrons. The molecule has 0 aliphatic heterocycles. The minimum atomic E-state index is 0.289. The second-order valence-electron chi connectivity index (χ2n) is 1.28. The minimum absolute atomic E-state index is 0.289. The van der Waals surface area contributed by atoms with Crippen LogP contribution in [-0.4, -0.2) is 5.84 Å². The van der Waals surface area contributed by atoms with Crippen molar-refractivity contribution in [1.29, 1.82) is 5.41 Å². The highest BCUT2D eigenvalue weighted by Gasteiger charge is 1.79. The molecular weight excluding hydrogens is 100 g/mol. The molecule has 0 aromatic heterocycles. The summed E-state index contributed by atoms with van der Waals surface area (Å²) in [5.41, 5.74) is 4.99. The number of amidine groups is 1.